The summed E-state index contributed by atoms with van der Waals surface area (Å²) in [6.07, 6.45) is 5.63. The highest BCUT2D eigenvalue weighted by Gasteiger charge is 2.41. The van der Waals surface area contributed by atoms with Crippen molar-refractivity contribution in [3.05, 3.63) is 35.4 Å². The fourth-order valence-electron chi connectivity index (χ4n) is 4.30. The molecule has 2 bridgehead atoms. The first kappa shape index (κ1) is 18.9. The quantitative estimate of drug-likeness (QED) is 0.325. The number of aliphatic imine (C=N–C) groups is 1. The van der Waals surface area contributed by atoms with Gasteiger partial charge in [0.2, 0.25) is 0 Å². The number of benzene rings is 1. The van der Waals surface area contributed by atoms with Gasteiger partial charge in [0.15, 0.2) is 5.96 Å². The molecule has 1 aromatic carbocycles. The molecule has 0 radical (unpaired) electrons. The molecule has 3 aliphatic rings. The molecule has 3 aliphatic heterocycles. The summed E-state index contributed by atoms with van der Waals surface area (Å²) in [6, 6.07) is 7.36. The van der Waals surface area contributed by atoms with Crippen molar-refractivity contribution in [2.45, 2.75) is 57.3 Å². The molecule has 0 saturated carbocycles. The van der Waals surface area contributed by atoms with Gasteiger partial charge in [-0.2, -0.15) is 0 Å². The van der Waals surface area contributed by atoms with Crippen molar-refractivity contribution in [2.75, 3.05) is 19.6 Å². The Morgan fingerprint density at radius 2 is 1.93 bits per heavy atom. The van der Waals surface area contributed by atoms with E-state index in [9.17, 15) is 9.59 Å². The molecule has 3 atom stereocenters. The van der Waals surface area contributed by atoms with Crippen LogP contribution < -0.4 is 10.6 Å². The zero-order valence-corrected chi connectivity index (χ0v) is 16.3. The summed E-state index contributed by atoms with van der Waals surface area (Å²) in [5, 5.41) is 6.79. The van der Waals surface area contributed by atoms with Crippen LogP contribution in [-0.2, 0) is 4.74 Å². The Morgan fingerprint density at radius 1 is 1.18 bits per heavy atom. The number of nitrogens with zero attached hydrogens (tertiary/aromatic N) is 2. The molecule has 0 spiro atoms. The van der Waals surface area contributed by atoms with Gasteiger partial charge >= 0.3 is 0 Å². The van der Waals surface area contributed by atoms with Gasteiger partial charge in [-0.1, -0.05) is 12.1 Å². The van der Waals surface area contributed by atoms with Crippen LogP contribution in [-0.4, -0.2) is 60.6 Å². The number of rotatable bonds is 7. The van der Waals surface area contributed by atoms with Gasteiger partial charge < -0.3 is 15.4 Å². The maximum Gasteiger partial charge on any atom is 0.261 e. The Labute approximate surface area is 165 Å². The molecule has 3 heterocycles. The molecule has 0 aliphatic carbocycles. The molecule has 7 nitrogen and oxygen atoms in total. The molecule has 3 unspecified atom stereocenters. The van der Waals surface area contributed by atoms with E-state index in [0.29, 0.717) is 42.5 Å². The number of carbonyl (C=O) groups excluding carboxylic acids is 2. The van der Waals surface area contributed by atoms with Gasteiger partial charge in [0.25, 0.3) is 11.8 Å². The summed E-state index contributed by atoms with van der Waals surface area (Å²) in [5.74, 6) is 0.454. The molecule has 2 N–H and O–H groups in total. The van der Waals surface area contributed by atoms with Gasteiger partial charge in [-0.15, -0.1) is 0 Å². The number of fused-ring (bicyclic) bond motifs is 3. The molecule has 2 amide bonds. The molecular formula is C21H28N4O3. The van der Waals surface area contributed by atoms with Gasteiger partial charge in [-0.3, -0.25) is 19.5 Å². The van der Waals surface area contributed by atoms with E-state index in [1.807, 2.05) is 0 Å². The Morgan fingerprint density at radius 3 is 2.54 bits per heavy atom. The molecule has 0 aromatic heterocycles. The molecule has 2 fully saturated rings. The lowest BCUT2D eigenvalue weighted by atomic mass is 9.96. The van der Waals surface area contributed by atoms with Crippen LogP contribution in [0.25, 0.3) is 0 Å². The summed E-state index contributed by atoms with van der Waals surface area (Å²) in [4.78, 5) is 30.7. The summed E-state index contributed by atoms with van der Waals surface area (Å²) >= 11 is 0. The highest BCUT2D eigenvalue weighted by atomic mass is 16.5. The molecular weight excluding hydrogens is 356 g/mol. The van der Waals surface area contributed by atoms with Crippen molar-refractivity contribution in [3.8, 4) is 0 Å². The van der Waals surface area contributed by atoms with Gasteiger partial charge in [0.1, 0.15) is 0 Å². The number of hydrogen-bond donors (Lipinski definition) is 2. The lowest BCUT2D eigenvalue weighted by Gasteiger charge is -2.22. The molecule has 150 valence electrons. The lowest BCUT2D eigenvalue weighted by Crippen LogP contribution is -2.47. The van der Waals surface area contributed by atoms with Gasteiger partial charge in [-0.25, -0.2) is 0 Å². The Hall–Kier alpha value is -2.41. The summed E-state index contributed by atoms with van der Waals surface area (Å²) in [5.41, 5.74) is 1.02. The van der Waals surface area contributed by atoms with Crippen molar-refractivity contribution >= 4 is 17.8 Å². The fraction of sp³-hybridized carbons (Fsp3) is 0.571. The van der Waals surface area contributed by atoms with E-state index in [1.54, 1.807) is 24.3 Å². The minimum atomic E-state index is -0.185. The van der Waals surface area contributed by atoms with Crippen LogP contribution in [0, 0.1) is 0 Å². The van der Waals surface area contributed by atoms with Crippen LogP contribution in [0.1, 0.15) is 59.7 Å². The number of hydrogen-bond acceptors (Lipinski definition) is 4. The van der Waals surface area contributed by atoms with E-state index in [4.69, 9.17) is 4.74 Å². The Bertz CT molecular complexity index is 744. The van der Waals surface area contributed by atoms with Crippen molar-refractivity contribution in [3.63, 3.8) is 0 Å². The van der Waals surface area contributed by atoms with Crippen LogP contribution in [0.2, 0.25) is 0 Å². The van der Waals surface area contributed by atoms with Crippen LogP contribution >= 0.6 is 0 Å². The Balaban J connectivity index is 1.24. The first-order valence-electron chi connectivity index (χ1n) is 10.3. The first-order chi connectivity index (χ1) is 13.7. The lowest BCUT2D eigenvalue weighted by molar-refractivity contribution is 0.0652. The average Bonchev–Trinajstić information content (AvgIpc) is 3.38. The predicted molar refractivity (Wildman–Crippen MR) is 106 cm³/mol. The van der Waals surface area contributed by atoms with E-state index in [-0.39, 0.29) is 11.8 Å². The van der Waals surface area contributed by atoms with Crippen molar-refractivity contribution in [1.82, 2.24) is 15.5 Å². The van der Waals surface area contributed by atoms with E-state index < -0.39 is 0 Å². The van der Waals surface area contributed by atoms with Crippen molar-refractivity contribution in [2.24, 2.45) is 4.99 Å². The second kappa shape index (κ2) is 8.31. The van der Waals surface area contributed by atoms with Gasteiger partial charge in [0.05, 0.1) is 29.4 Å². The summed E-state index contributed by atoms with van der Waals surface area (Å²) in [7, 11) is 0. The number of ether oxygens (including phenoxy) is 1. The normalized spacial score (nSPS) is 26.1. The highest BCUT2D eigenvalue weighted by molar-refractivity contribution is 6.21. The summed E-state index contributed by atoms with van der Waals surface area (Å²) < 4.78 is 5.90. The van der Waals surface area contributed by atoms with Crippen LogP contribution in [0.3, 0.4) is 0 Å². The smallest absolute Gasteiger partial charge is 0.261 e. The minimum Gasteiger partial charge on any atom is -0.373 e. The second-order valence-electron chi connectivity index (χ2n) is 7.64. The SMILES string of the molecule is CCNC(=NCCCCN1C(=O)c2ccccc2C1=O)NC1CC2CCC1O2. The van der Waals surface area contributed by atoms with Crippen LogP contribution in [0.5, 0.6) is 0 Å². The van der Waals surface area contributed by atoms with Crippen LogP contribution in [0.15, 0.2) is 29.3 Å². The number of nitrogens with one attached hydrogen (secondary N) is 2. The monoisotopic (exact) mass is 384 g/mol. The first-order valence-corrected chi connectivity index (χ1v) is 10.3. The third-order valence-electron chi connectivity index (χ3n) is 5.71. The van der Waals surface area contributed by atoms with E-state index >= 15 is 0 Å². The summed E-state index contributed by atoms with van der Waals surface area (Å²) in [6.45, 7) is 3.95. The van der Waals surface area contributed by atoms with Gasteiger partial charge in [-0.05, 0) is 51.2 Å². The number of guanidine groups is 1. The Kier molecular flexibility index (Phi) is 5.62. The topological polar surface area (TPSA) is 83.0 Å². The molecule has 7 heteroatoms. The predicted octanol–water partition coefficient (Wildman–Crippen LogP) is 1.94. The molecule has 4 rings (SSSR count). The molecule has 28 heavy (non-hydrogen) atoms. The van der Waals surface area contributed by atoms with Crippen molar-refractivity contribution in [1.29, 1.82) is 0 Å². The third-order valence-corrected chi connectivity index (χ3v) is 5.71. The fourth-order valence-corrected chi connectivity index (χ4v) is 4.30. The number of amides is 2. The zero-order chi connectivity index (χ0) is 19.5. The van der Waals surface area contributed by atoms with E-state index in [1.165, 1.54) is 11.3 Å². The molecule has 2 saturated heterocycles. The van der Waals surface area contributed by atoms with E-state index in [0.717, 1.165) is 38.2 Å². The zero-order valence-electron chi connectivity index (χ0n) is 16.3. The number of unbranched alkanes of at least 4 members (excludes halogenated alkanes) is 1. The third kappa shape index (κ3) is 3.76. The number of carbonyl (C=O) groups is 2. The largest absolute Gasteiger partial charge is 0.373 e. The van der Waals surface area contributed by atoms with Gasteiger partial charge in [0, 0.05) is 19.6 Å². The standard InChI is InChI=1S/C21H28N4O3/c1-2-22-21(24-17-13-14-9-10-18(17)28-14)23-11-5-6-12-25-19(26)15-7-3-4-8-16(15)20(25)27/h3-4,7-8,14,17-18H,2,5-6,9-13H2,1H3,(H2,22,23,24). The average molecular weight is 384 g/mol. The van der Waals surface area contributed by atoms with Crippen LogP contribution in [0.4, 0.5) is 0 Å². The minimum absolute atomic E-state index is 0.185. The molecule has 1 aromatic rings. The van der Waals surface area contributed by atoms with E-state index in [2.05, 4.69) is 22.5 Å². The maximum absolute atomic E-state index is 12.4. The number of imide groups is 1. The highest BCUT2D eigenvalue weighted by Crippen LogP contribution is 2.34. The maximum atomic E-state index is 12.4. The second-order valence-corrected chi connectivity index (χ2v) is 7.64. The van der Waals surface area contributed by atoms with Crippen molar-refractivity contribution < 1.29 is 14.3 Å².